The summed E-state index contributed by atoms with van der Waals surface area (Å²) in [6.07, 6.45) is 3.91. The Morgan fingerprint density at radius 2 is 2.42 bits per heavy atom. The van der Waals surface area contributed by atoms with Gasteiger partial charge in [-0.3, -0.25) is 0 Å². The Hall–Kier alpha value is -0.120. The third kappa shape index (κ3) is 1.37. The molecule has 3 atom stereocenters. The second kappa shape index (κ2) is 2.98. The maximum Gasteiger partial charge on any atom is 0.0944 e. The van der Waals surface area contributed by atoms with Gasteiger partial charge in [-0.25, -0.2) is 0 Å². The van der Waals surface area contributed by atoms with Gasteiger partial charge < -0.3 is 15.2 Å². The predicted molar refractivity (Wildman–Crippen MR) is 45.9 cm³/mol. The van der Waals surface area contributed by atoms with Crippen molar-refractivity contribution in [2.24, 2.45) is 5.73 Å². The van der Waals surface area contributed by atoms with E-state index in [-0.39, 0.29) is 11.7 Å². The second-order valence-corrected chi connectivity index (χ2v) is 4.02. The van der Waals surface area contributed by atoms with Crippen LogP contribution in [0, 0.1) is 0 Å². The summed E-state index contributed by atoms with van der Waals surface area (Å²) in [4.78, 5) is 0. The molecule has 3 heteroatoms. The lowest BCUT2D eigenvalue weighted by Gasteiger charge is -2.21. The van der Waals surface area contributed by atoms with Crippen molar-refractivity contribution in [1.29, 1.82) is 0 Å². The lowest BCUT2D eigenvalue weighted by Crippen LogP contribution is -2.31. The van der Waals surface area contributed by atoms with E-state index in [2.05, 4.69) is 6.92 Å². The Morgan fingerprint density at radius 1 is 1.58 bits per heavy atom. The van der Waals surface area contributed by atoms with Crippen LogP contribution in [0.15, 0.2) is 0 Å². The van der Waals surface area contributed by atoms with Crippen molar-refractivity contribution in [3.05, 3.63) is 0 Å². The SMILES string of the molecule is C[C@@H]1C[C@]2(CC[C@@H](CN)O2)CO1. The van der Waals surface area contributed by atoms with Crippen molar-refractivity contribution in [3.8, 4) is 0 Å². The molecule has 2 aliphatic heterocycles. The third-order valence-corrected chi connectivity index (χ3v) is 2.89. The summed E-state index contributed by atoms with van der Waals surface area (Å²) in [6.45, 7) is 3.52. The second-order valence-electron chi connectivity index (χ2n) is 4.02. The highest BCUT2D eigenvalue weighted by atomic mass is 16.6. The first kappa shape index (κ1) is 8.48. The summed E-state index contributed by atoms with van der Waals surface area (Å²) in [5.74, 6) is 0. The minimum absolute atomic E-state index is 0.0312. The van der Waals surface area contributed by atoms with Crippen molar-refractivity contribution in [2.45, 2.75) is 44.0 Å². The fourth-order valence-corrected chi connectivity index (χ4v) is 2.25. The molecule has 0 aromatic carbocycles. The molecule has 0 amide bonds. The maximum atomic E-state index is 5.88. The van der Waals surface area contributed by atoms with Crippen LogP contribution in [-0.4, -0.2) is 31.0 Å². The molecule has 2 fully saturated rings. The number of hydrogen-bond acceptors (Lipinski definition) is 3. The molecule has 2 rings (SSSR count). The average Bonchev–Trinajstić information content (AvgIpc) is 2.61. The number of rotatable bonds is 1. The Labute approximate surface area is 73.2 Å². The van der Waals surface area contributed by atoms with Gasteiger partial charge in [-0.2, -0.15) is 0 Å². The van der Waals surface area contributed by atoms with Gasteiger partial charge in [-0.15, -0.1) is 0 Å². The van der Waals surface area contributed by atoms with E-state index < -0.39 is 0 Å². The zero-order chi connectivity index (χ0) is 8.60. The number of ether oxygens (including phenoxy) is 2. The molecule has 12 heavy (non-hydrogen) atoms. The molecule has 0 aromatic heterocycles. The lowest BCUT2D eigenvalue weighted by molar-refractivity contribution is -0.0413. The van der Waals surface area contributed by atoms with Crippen molar-refractivity contribution >= 4 is 0 Å². The van der Waals surface area contributed by atoms with E-state index in [0.717, 1.165) is 25.9 Å². The van der Waals surface area contributed by atoms with Gasteiger partial charge in [-0.1, -0.05) is 0 Å². The highest BCUT2D eigenvalue weighted by Crippen LogP contribution is 2.38. The molecule has 2 heterocycles. The molecule has 0 unspecified atom stereocenters. The van der Waals surface area contributed by atoms with Gasteiger partial charge in [0.1, 0.15) is 0 Å². The minimum atomic E-state index is 0.0312. The van der Waals surface area contributed by atoms with E-state index >= 15 is 0 Å². The van der Waals surface area contributed by atoms with Crippen LogP contribution in [0.2, 0.25) is 0 Å². The summed E-state index contributed by atoms with van der Waals surface area (Å²) in [7, 11) is 0. The van der Waals surface area contributed by atoms with E-state index in [4.69, 9.17) is 15.2 Å². The molecular formula is C9H17NO2. The Balaban J connectivity index is 1.97. The average molecular weight is 171 g/mol. The van der Waals surface area contributed by atoms with Gasteiger partial charge in [0, 0.05) is 13.0 Å². The largest absolute Gasteiger partial charge is 0.375 e. The van der Waals surface area contributed by atoms with Crippen molar-refractivity contribution < 1.29 is 9.47 Å². The first-order valence-corrected chi connectivity index (χ1v) is 4.74. The first-order valence-electron chi connectivity index (χ1n) is 4.74. The normalized spacial score (nSPS) is 47.5. The maximum absolute atomic E-state index is 5.88. The summed E-state index contributed by atoms with van der Waals surface area (Å²) in [5, 5.41) is 0. The molecule has 1 spiro atoms. The number of hydrogen-bond donors (Lipinski definition) is 1. The van der Waals surface area contributed by atoms with E-state index in [0.29, 0.717) is 12.6 Å². The Morgan fingerprint density at radius 3 is 2.92 bits per heavy atom. The van der Waals surface area contributed by atoms with Gasteiger partial charge in [0.15, 0.2) is 0 Å². The van der Waals surface area contributed by atoms with Gasteiger partial charge in [0.05, 0.1) is 24.4 Å². The van der Waals surface area contributed by atoms with Crippen LogP contribution in [-0.2, 0) is 9.47 Å². The van der Waals surface area contributed by atoms with Gasteiger partial charge in [0.2, 0.25) is 0 Å². The molecule has 2 aliphatic rings. The van der Waals surface area contributed by atoms with Crippen LogP contribution in [0.4, 0.5) is 0 Å². The van der Waals surface area contributed by atoms with E-state index in [1.807, 2.05) is 0 Å². The topological polar surface area (TPSA) is 44.5 Å². The highest BCUT2D eigenvalue weighted by molar-refractivity contribution is 4.94. The Kier molecular flexibility index (Phi) is 2.10. The van der Waals surface area contributed by atoms with Crippen LogP contribution in [0.5, 0.6) is 0 Å². The molecule has 3 nitrogen and oxygen atoms in total. The smallest absolute Gasteiger partial charge is 0.0944 e. The third-order valence-electron chi connectivity index (χ3n) is 2.89. The molecule has 2 saturated heterocycles. The van der Waals surface area contributed by atoms with Gasteiger partial charge in [0.25, 0.3) is 0 Å². The fraction of sp³-hybridized carbons (Fsp3) is 1.00. The predicted octanol–water partition coefficient (Wildman–Crippen LogP) is 0.672. The van der Waals surface area contributed by atoms with Crippen LogP contribution in [0.3, 0.4) is 0 Å². The molecule has 0 saturated carbocycles. The van der Waals surface area contributed by atoms with E-state index in [1.165, 1.54) is 0 Å². The molecule has 70 valence electrons. The minimum Gasteiger partial charge on any atom is -0.375 e. The summed E-state index contributed by atoms with van der Waals surface area (Å²) >= 11 is 0. The molecule has 0 radical (unpaired) electrons. The zero-order valence-corrected chi connectivity index (χ0v) is 7.58. The van der Waals surface area contributed by atoms with Crippen molar-refractivity contribution in [1.82, 2.24) is 0 Å². The van der Waals surface area contributed by atoms with E-state index in [9.17, 15) is 0 Å². The number of nitrogens with two attached hydrogens (primary N) is 1. The van der Waals surface area contributed by atoms with Crippen molar-refractivity contribution in [2.75, 3.05) is 13.2 Å². The first-order chi connectivity index (χ1) is 5.74. The monoisotopic (exact) mass is 171 g/mol. The zero-order valence-electron chi connectivity index (χ0n) is 7.58. The lowest BCUT2D eigenvalue weighted by atomic mass is 9.97. The molecule has 2 N–H and O–H groups in total. The van der Waals surface area contributed by atoms with Crippen molar-refractivity contribution in [3.63, 3.8) is 0 Å². The van der Waals surface area contributed by atoms with Crippen LogP contribution >= 0.6 is 0 Å². The quantitative estimate of drug-likeness (QED) is 0.630. The highest BCUT2D eigenvalue weighted by Gasteiger charge is 2.45. The molecule has 0 aromatic rings. The van der Waals surface area contributed by atoms with Gasteiger partial charge in [-0.05, 0) is 19.8 Å². The molecule has 0 aliphatic carbocycles. The van der Waals surface area contributed by atoms with Crippen LogP contribution in [0.1, 0.15) is 26.2 Å². The summed E-state index contributed by atoms with van der Waals surface area (Å²) < 4.78 is 11.4. The van der Waals surface area contributed by atoms with Crippen LogP contribution in [0.25, 0.3) is 0 Å². The van der Waals surface area contributed by atoms with E-state index in [1.54, 1.807) is 0 Å². The Bertz CT molecular complexity index is 174. The summed E-state index contributed by atoms with van der Waals surface area (Å²) in [6, 6.07) is 0. The van der Waals surface area contributed by atoms with Crippen LogP contribution < -0.4 is 5.73 Å². The standard InChI is InChI=1S/C9H17NO2/c1-7-4-9(6-11-7)3-2-8(5-10)12-9/h7-8H,2-6,10H2,1H3/t7-,8+,9-/m1/s1. The summed E-state index contributed by atoms with van der Waals surface area (Å²) in [5.41, 5.74) is 5.58. The fourth-order valence-electron chi connectivity index (χ4n) is 2.25. The molecule has 0 bridgehead atoms. The molecular weight excluding hydrogens is 154 g/mol. The van der Waals surface area contributed by atoms with Gasteiger partial charge >= 0.3 is 0 Å².